The van der Waals surface area contributed by atoms with Gasteiger partial charge in [-0.05, 0) is 49.4 Å². The summed E-state index contributed by atoms with van der Waals surface area (Å²) in [5.74, 6) is 1.76. The van der Waals surface area contributed by atoms with Gasteiger partial charge in [0.05, 0.1) is 29.4 Å². The van der Waals surface area contributed by atoms with Gasteiger partial charge in [-0.15, -0.1) is 5.10 Å². The molecule has 4 aromatic heterocycles. The highest BCUT2D eigenvalue weighted by molar-refractivity contribution is 5.93. The van der Waals surface area contributed by atoms with Gasteiger partial charge in [-0.3, -0.25) is 14.3 Å². The summed E-state index contributed by atoms with van der Waals surface area (Å²) < 4.78 is 8.47. The van der Waals surface area contributed by atoms with Crippen LogP contribution in [0.5, 0.6) is 5.75 Å². The number of fused-ring (bicyclic) bond motifs is 2. The van der Waals surface area contributed by atoms with E-state index in [0.717, 1.165) is 17.0 Å². The molecule has 0 saturated heterocycles. The maximum atomic E-state index is 13.5. The van der Waals surface area contributed by atoms with Crippen molar-refractivity contribution in [3.63, 3.8) is 0 Å². The quantitative estimate of drug-likeness (QED) is 0.475. The molecular weight excluding hydrogens is 368 g/mol. The Balaban J connectivity index is 1.91. The lowest BCUT2D eigenvalue weighted by Crippen LogP contribution is -2.20. The Labute approximate surface area is 165 Å². The molecule has 8 heteroatoms. The molecule has 5 rings (SSSR count). The minimum absolute atomic E-state index is 0.193. The van der Waals surface area contributed by atoms with E-state index in [-0.39, 0.29) is 5.56 Å². The number of rotatable bonds is 3. The van der Waals surface area contributed by atoms with Crippen molar-refractivity contribution in [2.75, 3.05) is 7.11 Å². The summed E-state index contributed by atoms with van der Waals surface area (Å²) in [4.78, 5) is 26.5. The summed E-state index contributed by atoms with van der Waals surface area (Å²) in [6.45, 7) is 1.80. The zero-order valence-electron chi connectivity index (χ0n) is 15.8. The van der Waals surface area contributed by atoms with E-state index >= 15 is 0 Å². The number of aryl methyl sites for hydroxylation is 1. The van der Waals surface area contributed by atoms with E-state index in [4.69, 9.17) is 4.74 Å². The molecular formula is C21H16N6O2. The lowest BCUT2D eigenvalue weighted by molar-refractivity contribution is 0.415. The van der Waals surface area contributed by atoms with Gasteiger partial charge in [0.25, 0.3) is 11.3 Å². The van der Waals surface area contributed by atoms with Crippen LogP contribution in [0.25, 0.3) is 33.6 Å². The highest BCUT2D eigenvalue weighted by atomic mass is 16.5. The third-order valence-corrected chi connectivity index (χ3v) is 4.74. The Morgan fingerprint density at radius 2 is 1.72 bits per heavy atom. The van der Waals surface area contributed by atoms with Gasteiger partial charge < -0.3 is 4.74 Å². The average molecular weight is 384 g/mol. The normalized spacial score (nSPS) is 11.2. The van der Waals surface area contributed by atoms with E-state index < -0.39 is 0 Å². The van der Waals surface area contributed by atoms with Crippen LogP contribution in [0.3, 0.4) is 0 Å². The fourth-order valence-electron chi connectivity index (χ4n) is 3.41. The molecule has 4 heterocycles. The van der Waals surface area contributed by atoms with E-state index in [1.54, 1.807) is 53.8 Å². The molecule has 5 aromatic rings. The monoisotopic (exact) mass is 384 g/mol. The number of hydrogen-bond acceptors (Lipinski definition) is 6. The van der Waals surface area contributed by atoms with Crippen molar-refractivity contribution in [3.05, 3.63) is 77.2 Å². The Hall–Kier alpha value is -4.07. The van der Waals surface area contributed by atoms with Crippen molar-refractivity contribution in [1.82, 2.24) is 29.1 Å². The van der Waals surface area contributed by atoms with Crippen LogP contribution in [-0.4, -0.2) is 36.2 Å². The minimum atomic E-state index is -0.193. The molecule has 142 valence electrons. The number of nitrogens with zero attached hydrogens (tertiary/aromatic N) is 6. The van der Waals surface area contributed by atoms with Crippen LogP contribution in [0.4, 0.5) is 0 Å². The number of benzene rings is 1. The average Bonchev–Trinajstić information content (AvgIpc) is 3.13. The first-order valence-electron chi connectivity index (χ1n) is 8.99. The number of ether oxygens (including phenoxy) is 1. The molecule has 0 spiro atoms. The molecule has 0 fully saturated rings. The van der Waals surface area contributed by atoms with Crippen LogP contribution in [0.1, 0.15) is 5.82 Å². The molecule has 0 atom stereocenters. The van der Waals surface area contributed by atoms with Crippen molar-refractivity contribution in [2.45, 2.75) is 6.92 Å². The molecule has 29 heavy (non-hydrogen) atoms. The SMILES string of the molecule is COc1ccc(-c2c3c(=O)n(-c4ccncc4)ccc3nc3nc(C)nn23)cc1. The molecule has 0 amide bonds. The predicted octanol–water partition coefficient (Wildman–Crippen LogP) is 2.81. The zero-order chi connectivity index (χ0) is 20.0. The first-order chi connectivity index (χ1) is 14.2. The fraction of sp³-hybridized carbons (Fsp3) is 0.0952. The van der Waals surface area contributed by atoms with Gasteiger partial charge in [0.15, 0.2) is 0 Å². The first-order valence-corrected chi connectivity index (χ1v) is 8.99. The predicted molar refractivity (Wildman–Crippen MR) is 108 cm³/mol. The smallest absolute Gasteiger partial charge is 0.266 e. The van der Waals surface area contributed by atoms with E-state index in [1.807, 2.05) is 30.3 Å². The van der Waals surface area contributed by atoms with Crippen LogP contribution in [0.15, 0.2) is 65.8 Å². The van der Waals surface area contributed by atoms with Gasteiger partial charge in [0.2, 0.25) is 0 Å². The fourth-order valence-corrected chi connectivity index (χ4v) is 3.41. The van der Waals surface area contributed by atoms with Gasteiger partial charge in [-0.1, -0.05) is 0 Å². The third-order valence-electron chi connectivity index (χ3n) is 4.74. The summed E-state index contributed by atoms with van der Waals surface area (Å²) >= 11 is 0. The summed E-state index contributed by atoms with van der Waals surface area (Å²) in [5, 5.41) is 4.94. The van der Waals surface area contributed by atoms with Gasteiger partial charge in [0, 0.05) is 24.2 Å². The molecule has 0 aliphatic heterocycles. The Bertz CT molecular complexity index is 1410. The molecule has 0 unspecified atom stereocenters. The van der Waals surface area contributed by atoms with Crippen molar-refractivity contribution in [1.29, 1.82) is 0 Å². The van der Waals surface area contributed by atoms with Crippen LogP contribution in [0.2, 0.25) is 0 Å². The van der Waals surface area contributed by atoms with Gasteiger partial charge in [-0.2, -0.15) is 9.50 Å². The maximum absolute atomic E-state index is 13.5. The molecule has 0 aliphatic rings. The van der Waals surface area contributed by atoms with Gasteiger partial charge in [-0.25, -0.2) is 4.98 Å². The van der Waals surface area contributed by atoms with E-state index in [9.17, 15) is 4.79 Å². The summed E-state index contributed by atoms with van der Waals surface area (Å²) in [7, 11) is 1.61. The number of hydrogen-bond donors (Lipinski definition) is 0. The van der Waals surface area contributed by atoms with Crippen molar-refractivity contribution in [2.24, 2.45) is 0 Å². The molecule has 0 saturated carbocycles. The molecule has 0 bridgehead atoms. The second-order valence-corrected chi connectivity index (χ2v) is 6.52. The number of methoxy groups -OCH3 is 1. The Kier molecular flexibility index (Phi) is 3.83. The van der Waals surface area contributed by atoms with E-state index in [1.165, 1.54) is 0 Å². The number of pyridine rings is 2. The largest absolute Gasteiger partial charge is 0.497 e. The summed E-state index contributed by atoms with van der Waals surface area (Å²) in [5.41, 5.74) is 2.55. The maximum Gasteiger partial charge on any atom is 0.266 e. The number of aromatic nitrogens is 6. The van der Waals surface area contributed by atoms with Crippen molar-refractivity contribution >= 4 is 16.7 Å². The molecule has 8 nitrogen and oxygen atoms in total. The molecule has 0 N–H and O–H groups in total. The Morgan fingerprint density at radius 3 is 2.45 bits per heavy atom. The second kappa shape index (κ2) is 6.52. The van der Waals surface area contributed by atoms with Crippen LogP contribution < -0.4 is 10.3 Å². The van der Waals surface area contributed by atoms with Crippen LogP contribution >= 0.6 is 0 Å². The van der Waals surface area contributed by atoms with Crippen LogP contribution in [0, 0.1) is 6.92 Å². The minimum Gasteiger partial charge on any atom is -0.497 e. The third kappa shape index (κ3) is 2.73. The zero-order valence-corrected chi connectivity index (χ0v) is 15.8. The van der Waals surface area contributed by atoms with Crippen LogP contribution in [-0.2, 0) is 0 Å². The lowest BCUT2D eigenvalue weighted by atomic mass is 10.1. The topological polar surface area (TPSA) is 87.2 Å². The molecule has 0 radical (unpaired) electrons. The first kappa shape index (κ1) is 17.1. The standard InChI is InChI=1S/C21H16N6O2/c1-13-23-21-24-17-9-12-26(15-7-10-22-11-8-15)20(28)18(17)19(27(21)25-13)14-3-5-16(29-2)6-4-14/h3-12H,1-2H3. The van der Waals surface area contributed by atoms with E-state index in [2.05, 4.69) is 20.1 Å². The van der Waals surface area contributed by atoms with E-state index in [0.29, 0.717) is 28.2 Å². The highest BCUT2D eigenvalue weighted by Gasteiger charge is 2.18. The summed E-state index contributed by atoms with van der Waals surface area (Å²) in [6.07, 6.45) is 5.02. The van der Waals surface area contributed by atoms with Gasteiger partial charge >= 0.3 is 0 Å². The van der Waals surface area contributed by atoms with Crippen molar-refractivity contribution < 1.29 is 4.74 Å². The summed E-state index contributed by atoms with van der Waals surface area (Å²) in [6, 6.07) is 12.9. The van der Waals surface area contributed by atoms with Gasteiger partial charge in [0.1, 0.15) is 11.6 Å². The second-order valence-electron chi connectivity index (χ2n) is 6.52. The lowest BCUT2D eigenvalue weighted by Gasteiger charge is -2.12. The molecule has 1 aromatic carbocycles. The van der Waals surface area contributed by atoms with Crippen molar-refractivity contribution in [3.8, 4) is 22.7 Å². The Morgan fingerprint density at radius 1 is 0.966 bits per heavy atom. The highest BCUT2D eigenvalue weighted by Crippen LogP contribution is 2.28. The molecule has 0 aliphatic carbocycles.